The van der Waals surface area contributed by atoms with Gasteiger partial charge >= 0.3 is 12.1 Å². The van der Waals surface area contributed by atoms with E-state index in [0.29, 0.717) is 19.5 Å². The zero-order valence-corrected chi connectivity index (χ0v) is 14.8. The second-order valence-electron chi connectivity index (χ2n) is 6.91. The number of alkyl carbamates (subject to hydrolysis) is 1. The molecular weight excluding hydrogens is 324 g/mol. The van der Waals surface area contributed by atoms with Crippen LogP contribution >= 0.6 is 0 Å². The molecule has 7 nitrogen and oxygen atoms in total. The van der Waals surface area contributed by atoms with Crippen molar-refractivity contribution in [2.45, 2.75) is 58.4 Å². The van der Waals surface area contributed by atoms with Crippen LogP contribution in [-0.4, -0.2) is 29.7 Å². The zero-order valence-electron chi connectivity index (χ0n) is 14.8. The molecule has 0 aromatic heterocycles. The van der Waals surface area contributed by atoms with Crippen LogP contribution < -0.4 is 10.6 Å². The molecule has 1 aromatic rings. The lowest BCUT2D eigenvalue weighted by atomic mass is 10.1. The summed E-state index contributed by atoms with van der Waals surface area (Å²) < 4.78 is 10.1. The van der Waals surface area contributed by atoms with E-state index >= 15 is 0 Å². The summed E-state index contributed by atoms with van der Waals surface area (Å²) in [5.41, 5.74) is 1.24. The van der Waals surface area contributed by atoms with Crippen molar-refractivity contribution in [2.24, 2.45) is 0 Å². The maximum atomic E-state index is 11.9. The van der Waals surface area contributed by atoms with Crippen LogP contribution in [0.3, 0.4) is 0 Å². The minimum atomic E-state index is -0.690. The van der Waals surface area contributed by atoms with Crippen molar-refractivity contribution in [3.63, 3.8) is 0 Å². The van der Waals surface area contributed by atoms with Crippen LogP contribution in [0.2, 0.25) is 0 Å². The van der Waals surface area contributed by atoms with Crippen molar-refractivity contribution in [3.8, 4) is 0 Å². The summed E-state index contributed by atoms with van der Waals surface area (Å²) in [6.45, 7) is 6.07. The highest BCUT2D eigenvalue weighted by molar-refractivity contribution is 5.86. The van der Waals surface area contributed by atoms with Crippen molar-refractivity contribution >= 4 is 18.0 Å². The SMILES string of the molecule is CC(C)(C)OC(=O)NCc1cccc(CNC(=O)C2CCC(=O)O2)c1. The van der Waals surface area contributed by atoms with Gasteiger partial charge in [0.05, 0.1) is 0 Å². The second kappa shape index (κ2) is 8.00. The minimum absolute atomic E-state index is 0.282. The molecule has 1 aliphatic heterocycles. The van der Waals surface area contributed by atoms with E-state index in [9.17, 15) is 14.4 Å². The Morgan fingerprint density at radius 3 is 2.40 bits per heavy atom. The molecule has 1 fully saturated rings. The van der Waals surface area contributed by atoms with Gasteiger partial charge in [0.25, 0.3) is 5.91 Å². The molecular formula is C18H24N2O5. The van der Waals surface area contributed by atoms with E-state index < -0.39 is 17.8 Å². The topological polar surface area (TPSA) is 93.7 Å². The Kier molecular flexibility index (Phi) is 6.01. The minimum Gasteiger partial charge on any atom is -0.452 e. The van der Waals surface area contributed by atoms with Crippen molar-refractivity contribution in [2.75, 3.05) is 0 Å². The second-order valence-corrected chi connectivity index (χ2v) is 6.91. The number of benzene rings is 1. The van der Waals surface area contributed by atoms with Gasteiger partial charge in [-0.15, -0.1) is 0 Å². The molecule has 1 atom stereocenters. The summed E-state index contributed by atoms with van der Waals surface area (Å²) in [6.07, 6.45) is -0.465. The average molecular weight is 348 g/mol. The molecule has 0 bridgehead atoms. The maximum absolute atomic E-state index is 11.9. The lowest BCUT2D eigenvalue weighted by Crippen LogP contribution is -2.34. The van der Waals surface area contributed by atoms with Gasteiger partial charge in [0, 0.05) is 25.9 Å². The summed E-state index contributed by atoms with van der Waals surface area (Å²) in [5, 5.41) is 5.45. The zero-order chi connectivity index (χ0) is 18.4. The molecule has 7 heteroatoms. The van der Waals surface area contributed by atoms with Crippen LogP contribution in [0.15, 0.2) is 24.3 Å². The molecule has 2 rings (SSSR count). The highest BCUT2D eigenvalue weighted by Crippen LogP contribution is 2.14. The van der Waals surface area contributed by atoms with Gasteiger partial charge in [0.15, 0.2) is 6.10 Å². The third kappa shape index (κ3) is 6.45. The first kappa shape index (κ1) is 18.8. The Labute approximate surface area is 147 Å². The lowest BCUT2D eigenvalue weighted by molar-refractivity contribution is -0.148. The maximum Gasteiger partial charge on any atom is 0.407 e. The molecule has 1 saturated heterocycles. The van der Waals surface area contributed by atoms with Crippen LogP contribution in [0.25, 0.3) is 0 Å². The summed E-state index contributed by atoms with van der Waals surface area (Å²) in [7, 11) is 0. The highest BCUT2D eigenvalue weighted by atomic mass is 16.6. The number of amides is 2. The van der Waals surface area contributed by atoms with E-state index in [4.69, 9.17) is 9.47 Å². The average Bonchev–Trinajstić information content (AvgIpc) is 2.96. The monoisotopic (exact) mass is 348 g/mol. The fourth-order valence-corrected chi connectivity index (χ4v) is 2.35. The van der Waals surface area contributed by atoms with Crippen molar-refractivity contribution in [3.05, 3.63) is 35.4 Å². The van der Waals surface area contributed by atoms with E-state index in [2.05, 4.69) is 10.6 Å². The van der Waals surface area contributed by atoms with Crippen LogP contribution in [0.5, 0.6) is 0 Å². The Hall–Kier alpha value is -2.57. The van der Waals surface area contributed by atoms with Gasteiger partial charge in [-0.2, -0.15) is 0 Å². The predicted molar refractivity (Wildman–Crippen MR) is 90.5 cm³/mol. The molecule has 2 amide bonds. The summed E-state index contributed by atoms with van der Waals surface area (Å²) >= 11 is 0. The smallest absolute Gasteiger partial charge is 0.407 e. The van der Waals surface area contributed by atoms with Gasteiger partial charge in [-0.3, -0.25) is 9.59 Å². The van der Waals surface area contributed by atoms with Crippen LogP contribution in [0, 0.1) is 0 Å². The van der Waals surface area contributed by atoms with E-state index in [1.165, 1.54) is 0 Å². The number of ether oxygens (including phenoxy) is 2. The summed E-state index contributed by atoms with van der Waals surface area (Å²) in [4.78, 5) is 34.7. The lowest BCUT2D eigenvalue weighted by Gasteiger charge is -2.19. The first-order valence-electron chi connectivity index (χ1n) is 8.25. The molecule has 2 N–H and O–H groups in total. The molecule has 1 heterocycles. The molecule has 1 aromatic carbocycles. The van der Waals surface area contributed by atoms with Crippen LogP contribution in [0.4, 0.5) is 4.79 Å². The normalized spacial score (nSPS) is 16.9. The number of hydrogen-bond acceptors (Lipinski definition) is 5. The molecule has 0 saturated carbocycles. The number of cyclic esters (lactones) is 1. The van der Waals surface area contributed by atoms with Gasteiger partial charge in [0.1, 0.15) is 5.60 Å². The number of carbonyl (C=O) groups is 3. The van der Waals surface area contributed by atoms with E-state index in [1.54, 1.807) is 20.8 Å². The Morgan fingerprint density at radius 2 is 1.84 bits per heavy atom. The quantitative estimate of drug-likeness (QED) is 0.794. The van der Waals surface area contributed by atoms with Crippen LogP contribution in [-0.2, 0) is 32.2 Å². The molecule has 136 valence electrons. The third-order valence-corrected chi connectivity index (χ3v) is 3.47. The number of esters is 1. The van der Waals surface area contributed by atoms with E-state index in [1.807, 2.05) is 24.3 Å². The molecule has 0 aliphatic carbocycles. The van der Waals surface area contributed by atoms with E-state index in [-0.39, 0.29) is 18.3 Å². The largest absolute Gasteiger partial charge is 0.452 e. The number of rotatable bonds is 5. The Bertz CT molecular complexity index is 651. The molecule has 1 unspecified atom stereocenters. The standard InChI is InChI=1S/C18H24N2O5/c1-18(2,3)25-17(23)20-11-13-6-4-5-12(9-13)10-19-16(22)14-7-8-15(21)24-14/h4-6,9,14H,7-8,10-11H2,1-3H3,(H,19,22)(H,20,23). The first-order valence-corrected chi connectivity index (χ1v) is 8.25. The fourth-order valence-electron chi connectivity index (χ4n) is 2.35. The van der Waals surface area contributed by atoms with Crippen molar-refractivity contribution < 1.29 is 23.9 Å². The molecule has 0 spiro atoms. The van der Waals surface area contributed by atoms with Gasteiger partial charge in [0.2, 0.25) is 0 Å². The number of carbonyl (C=O) groups excluding carboxylic acids is 3. The molecule has 25 heavy (non-hydrogen) atoms. The van der Waals surface area contributed by atoms with E-state index in [0.717, 1.165) is 11.1 Å². The molecule has 1 aliphatic rings. The fraction of sp³-hybridized carbons (Fsp3) is 0.500. The predicted octanol–water partition coefficient (Wildman–Crippen LogP) is 2.03. The Morgan fingerprint density at radius 1 is 1.20 bits per heavy atom. The van der Waals surface area contributed by atoms with Crippen molar-refractivity contribution in [1.29, 1.82) is 0 Å². The van der Waals surface area contributed by atoms with Gasteiger partial charge < -0.3 is 20.1 Å². The van der Waals surface area contributed by atoms with Crippen LogP contribution in [0.1, 0.15) is 44.7 Å². The van der Waals surface area contributed by atoms with Crippen molar-refractivity contribution in [1.82, 2.24) is 10.6 Å². The highest BCUT2D eigenvalue weighted by Gasteiger charge is 2.29. The third-order valence-electron chi connectivity index (χ3n) is 3.47. The summed E-state index contributed by atoms with van der Waals surface area (Å²) in [6, 6.07) is 7.49. The number of nitrogens with one attached hydrogen (secondary N) is 2. The van der Waals surface area contributed by atoms with Gasteiger partial charge in [-0.1, -0.05) is 24.3 Å². The van der Waals surface area contributed by atoms with Gasteiger partial charge in [-0.05, 0) is 31.9 Å². The summed E-state index contributed by atoms with van der Waals surface area (Å²) in [5.74, 6) is -0.626. The van der Waals surface area contributed by atoms with Gasteiger partial charge in [-0.25, -0.2) is 4.79 Å². The Balaban J connectivity index is 1.81. The molecule has 0 radical (unpaired) electrons. The first-order chi connectivity index (χ1) is 11.7. The number of hydrogen-bond donors (Lipinski definition) is 2.